The van der Waals surface area contributed by atoms with Gasteiger partial charge in [-0.25, -0.2) is 12.1 Å². The molecule has 0 aromatic heterocycles. The predicted octanol–water partition coefficient (Wildman–Crippen LogP) is -6.03. The van der Waals surface area contributed by atoms with E-state index < -0.39 is 0 Å². The van der Waals surface area contributed by atoms with E-state index in [0.29, 0.717) is 0 Å². The third-order valence-electron chi connectivity index (χ3n) is 0.996. The van der Waals surface area contributed by atoms with E-state index >= 15 is 0 Å². The molecule has 0 N–H and O–H groups in total. The normalized spacial score (nSPS) is 5.93. The van der Waals surface area contributed by atoms with Crippen LogP contribution in [0, 0.1) is 6.42 Å². The molecule has 0 aliphatic carbocycles. The molecule has 0 aliphatic rings. The summed E-state index contributed by atoms with van der Waals surface area (Å²) in [5.41, 5.74) is 0. The van der Waals surface area contributed by atoms with Gasteiger partial charge in [0.15, 0.2) is 0 Å². The molecule has 87 valence electrons. The molecule has 5 heteroatoms. The number of halogens is 3. The van der Waals surface area contributed by atoms with Crippen molar-refractivity contribution in [3.8, 4) is 0 Å². The molecule has 0 heterocycles. The summed E-state index contributed by atoms with van der Waals surface area (Å²) in [6, 6.07) is 10.0. The van der Waals surface area contributed by atoms with Crippen molar-refractivity contribution in [2.75, 3.05) is 6.16 Å². The minimum absolute atomic E-state index is 0. The van der Waals surface area contributed by atoms with Crippen LogP contribution in [0.15, 0.2) is 30.3 Å². The monoisotopic (exact) mass is 361 g/mol. The van der Waals surface area contributed by atoms with Crippen LogP contribution in [0.25, 0.3) is 0 Å². The van der Waals surface area contributed by atoms with Gasteiger partial charge in [0.1, 0.15) is 0 Å². The summed E-state index contributed by atoms with van der Waals surface area (Å²) in [5, 5.41) is 0. The van der Waals surface area contributed by atoms with Crippen LogP contribution in [0.4, 0.5) is 0 Å². The average Bonchev–Trinajstić information content (AvgIpc) is 2.41. The van der Waals surface area contributed by atoms with Gasteiger partial charge in [0.05, 0.1) is 0 Å². The van der Waals surface area contributed by atoms with Crippen molar-refractivity contribution < 1.29 is 63.4 Å². The van der Waals surface area contributed by atoms with Crippen LogP contribution in [0.5, 0.6) is 0 Å². The molecule has 0 saturated heterocycles. The average molecular weight is 364 g/mol. The molecule has 1 aromatic rings. The van der Waals surface area contributed by atoms with E-state index in [9.17, 15) is 0 Å². The second kappa shape index (κ2) is 24.4. The molecule has 15 heavy (non-hydrogen) atoms. The van der Waals surface area contributed by atoms with Crippen molar-refractivity contribution in [1.82, 2.24) is 0 Å². The van der Waals surface area contributed by atoms with Crippen molar-refractivity contribution in [2.45, 2.75) is 6.92 Å². The van der Waals surface area contributed by atoms with Gasteiger partial charge >= 0.3 is 26.2 Å². The standard InChI is InChI=1S/C5H10P.C5H5.3ClH.Zr/c1-4-5-6(2)3;1-2-4-5-3-1;;;;/h4H,2-3,5H2,1H3;1-5H;3*1H;/q2*-1;;;;+3/p-3. The first-order valence-corrected chi connectivity index (χ1v) is 5.50. The Labute approximate surface area is 132 Å². The van der Waals surface area contributed by atoms with Crippen molar-refractivity contribution in [3.63, 3.8) is 0 Å². The van der Waals surface area contributed by atoms with Gasteiger partial charge < -0.3 is 43.6 Å². The van der Waals surface area contributed by atoms with Gasteiger partial charge in [-0.3, -0.25) is 0 Å². The van der Waals surface area contributed by atoms with Gasteiger partial charge in [-0.1, -0.05) is 12.6 Å². The first-order chi connectivity index (χ1) is 5.27. The van der Waals surface area contributed by atoms with Crippen LogP contribution in [0.3, 0.4) is 0 Å². The van der Waals surface area contributed by atoms with Gasteiger partial charge in [-0.15, -0.1) is 6.16 Å². The largest absolute Gasteiger partial charge is 3.00 e. The molecule has 0 fully saturated rings. The Morgan fingerprint density at radius 2 is 1.53 bits per heavy atom. The molecular formula is C10H15Cl3PZr-2. The molecule has 0 spiro atoms. The van der Waals surface area contributed by atoms with E-state index in [1.165, 1.54) is 0 Å². The molecule has 0 saturated carbocycles. The van der Waals surface area contributed by atoms with E-state index in [1.54, 1.807) is 0 Å². The van der Waals surface area contributed by atoms with Crippen LogP contribution < -0.4 is 37.2 Å². The fraction of sp³-hybridized carbons (Fsp3) is 0.200. The first kappa shape index (κ1) is 29.8. The molecule has 0 amide bonds. The van der Waals surface area contributed by atoms with Gasteiger partial charge in [0, 0.05) is 0 Å². The molecule has 0 nitrogen and oxygen atoms in total. The van der Waals surface area contributed by atoms with E-state index in [0.717, 1.165) is 6.16 Å². The third kappa shape index (κ3) is 31.3. The Kier molecular flexibility index (Phi) is 48.5. The minimum Gasteiger partial charge on any atom is -1.00 e. The fourth-order valence-corrected chi connectivity index (χ4v) is 1.10. The summed E-state index contributed by atoms with van der Waals surface area (Å²) in [6.07, 6.45) is 10.7. The van der Waals surface area contributed by atoms with Crippen LogP contribution in [0.1, 0.15) is 6.92 Å². The van der Waals surface area contributed by atoms with Crippen LogP contribution >= 0.6 is 7.17 Å². The Hall–Kier alpha value is 1.14. The number of hydrogen-bond acceptors (Lipinski definition) is 0. The summed E-state index contributed by atoms with van der Waals surface area (Å²) < 4.78 is 0. The molecule has 1 aromatic carbocycles. The Balaban J connectivity index is -0.0000000352. The van der Waals surface area contributed by atoms with E-state index in [2.05, 4.69) is 19.0 Å². The zero-order valence-electron chi connectivity index (χ0n) is 8.67. The molecule has 1 rings (SSSR count). The van der Waals surface area contributed by atoms with Gasteiger partial charge in [-0.05, 0) is 0 Å². The van der Waals surface area contributed by atoms with E-state index in [1.807, 2.05) is 37.3 Å². The maximum atomic E-state index is 3.75. The Morgan fingerprint density at radius 1 is 1.13 bits per heavy atom. The maximum absolute atomic E-state index is 3.75. The van der Waals surface area contributed by atoms with Crippen molar-refractivity contribution in [3.05, 3.63) is 36.8 Å². The zero-order valence-corrected chi connectivity index (χ0v) is 14.3. The van der Waals surface area contributed by atoms with Gasteiger partial charge in [-0.2, -0.15) is 32.3 Å². The number of rotatable bonds is 2. The summed E-state index contributed by atoms with van der Waals surface area (Å²) >= 11 is 0. The molecule has 0 bridgehead atoms. The Bertz CT molecular complexity index is 195. The second-order valence-corrected chi connectivity index (χ2v) is 3.93. The molecule has 0 unspecified atom stereocenters. The summed E-state index contributed by atoms with van der Waals surface area (Å²) in [6.45, 7) is 2.03. The smallest absolute Gasteiger partial charge is 1.00 e. The number of hydrogen-bond donors (Lipinski definition) is 0. The topological polar surface area (TPSA) is 0 Å². The quantitative estimate of drug-likeness (QED) is 0.363. The Morgan fingerprint density at radius 3 is 1.60 bits per heavy atom. The third-order valence-corrected chi connectivity index (χ3v) is 1.88. The van der Waals surface area contributed by atoms with Crippen LogP contribution in [-0.2, 0) is 26.2 Å². The van der Waals surface area contributed by atoms with E-state index in [-0.39, 0.29) is 70.6 Å². The van der Waals surface area contributed by atoms with Crippen molar-refractivity contribution in [2.24, 2.45) is 0 Å². The van der Waals surface area contributed by atoms with Gasteiger partial charge in [0.25, 0.3) is 0 Å². The van der Waals surface area contributed by atoms with E-state index in [4.69, 9.17) is 0 Å². The first-order valence-electron chi connectivity index (χ1n) is 3.60. The van der Waals surface area contributed by atoms with Crippen molar-refractivity contribution in [1.29, 1.82) is 0 Å². The van der Waals surface area contributed by atoms with Crippen molar-refractivity contribution >= 4 is 19.8 Å². The molecule has 0 aliphatic heterocycles. The SMILES string of the molecule is C=P(=C)C[CH-]C.[Cl-].[Cl-].[Cl-].[Zr+3].c1cc[cH-]c1. The molecule has 0 atom stereocenters. The fourth-order valence-electron chi connectivity index (χ4n) is 0.579. The van der Waals surface area contributed by atoms with Crippen LogP contribution in [-0.4, -0.2) is 18.8 Å². The maximum Gasteiger partial charge on any atom is 3.00 e. The minimum atomic E-state index is -0.156. The molecule has 1 radical (unpaired) electrons. The second-order valence-electron chi connectivity index (χ2n) is 2.22. The van der Waals surface area contributed by atoms with Crippen LogP contribution in [0.2, 0.25) is 0 Å². The molecular weight excluding hydrogens is 349 g/mol. The summed E-state index contributed by atoms with van der Waals surface area (Å²) in [4.78, 5) is 0. The van der Waals surface area contributed by atoms with Gasteiger partial charge in [0.2, 0.25) is 0 Å². The zero-order chi connectivity index (χ0) is 8.53. The summed E-state index contributed by atoms with van der Waals surface area (Å²) in [7, 11) is -0.156. The summed E-state index contributed by atoms with van der Waals surface area (Å²) in [5.74, 6) is 0. The predicted molar refractivity (Wildman–Crippen MR) is 58.0 cm³/mol.